The van der Waals surface area contributed by atoms with Gasteiger partial charge in [0.2, 0.25) is 0 Å². The second kappa shape index (κ2) is 7.50. The van der Waals surface area contributed by atoms with Gasteiger partial charge < -0.3 is 4.74 Å². The van der Waals surface area contributed by atoms with Crippen LogP contribution in [0.15, 0.2) is 54.6 Å². The maximum atomic E-state index is 13.5. The van der Waals surface area contributed by atoms with E-state index in [0.29, 0.717) is 5.56 Å². The van der Waals surface area contributed by atoms with E-state index in [9.17, 15) is 14.4 Å². The number of rotatable bonds is 4. The first-order chi connectivity index (χ1) is 13.9. The number of ether oxygens (including phenoxy) is 1. The summed E-state index contributed by atoms with van der Waals surface area (Å²) in [7, 11) is 0. The van der Waals surface area contributed by atoms with E-state index in [1.165, 1.54) is 6.92 Å². The molecule has 1 heterocycles. The predicted octanol–water partition coefficient (Wildman–Crippen LogP) is 5.46. The number of carbonyl (C=O) groups excluding carboxylic acids is 3. The highest BCUT2D eigenvalue weighted by atomic mass is 16.5. The molecule has 3 rings (SSSR count). The normalized spacial score (nSPS) is 23.7. The lowest BCUT2D eigenvalue weighted by Gasteiger charge is -2.44. The van der Waals surface area contributed by atoms with Crippen molar-refractivity contribution in [3.8, 4) is 0 Å². The van der Waals surface area contributed by atoms with E-state index in [-0.39, 0.29) is 23.4 Å². The summed E-state index contributed by atoms with van der Waals surface area (Å²) < 4.78 is 5.76. The molecule has 0 amide bonds. The summed E-state index contributed by atoms with van der Waals surface area (Å²) in [5.41, 5.74) is -0.0873. The van der Waals surface area contributed by atoms with Crippen LogP contribution in [0.3, 0.4) is 0 Å². The van der Waals surface area contributed by atoms with Crippen molar-refractivity contribution in [2.75, 3.05) is 0 Å². The van der Waals surface area contributed by atoms with Crippen LogP contribution in [-0.4, -0.2) is 17.5 Å². The minimum atomic E-state index is -1.51. The van der Waals surface area contributed by atoms with Gasteiger partial charge >= 0.3 is 5.97 Å². The van der Waals surface area contributed by atoms with Crippen molar-refractivity contribution < 1.29 is 19.1 Å². The Labute approximate surface area is 178 Å². The molecule has 4 nitrogen and oxygen atoms in total. The number of ketones is 2. The van der Waals surface area contributed by atoms with Gasteiger partial charge in [-0.05, 0) is 37.3 Å². The van der Waals surface area contributed by atoms with Crippen molar-refractivity contribution in [1.82, 2.24) is 0 Å². The Hall–Kier alpha value is -2.75. The molecule has 0 saturated carbocycles. The largest absolute Gasteiger partial charge is 0.456 e. The Morgan fingerprint density at radius 2 is 1.50 bits per heavy atom. The van der Waals surface area contributed by atoms with Gasteiger partial charge in [-0.15, -0.1) is 0 Å². The summed E-state index contributed by atoms with van der Waals surface area (Å²) in [5.74, 6) is -1.14. The molecule has 0 aliphatic carbocycles. The monoisotopic (exact) mass is 406 g/mol. The molecule has 2 atom stereocenters. The molecule has 0 N–H and O–H groups in total. The molecule has 1 fully saturated rings. The highest BCUT2D eigenvalue weighted by molar-refractivity contribution is 6.12. The zero-order valence-electron chi connectivity index (χ0n) is 18.6. The summed E-state index contributed by atoms with van der Waals surface area (Å²) >= 11 is 0. The molecule has 0 aromatic heterocycles. The lowest BCUT2D eigenvalue weighted by atomic mass is 9.64. The summed E-state index contributed by atoms with van der Waals surface area (Å²) in [6.45, 7) is 11.4. The summed E-state index contributed by atoms with van der Waals surface area (Å²) in [4.78, 5) is 39.4. The third-order valence-corrected chi connectivity index (χ3v) is 6.11. The standard InChI is InChI=1S/C26H30O4/c1-24(2,3)19-14-12-17(13-15-19)20(27)16-26(6)22(28)25(4,5)21(30-23(26)29)18-10-8-7-9-11-18/h7-15,21H,16H2,1-6H3. The second-order valence-corrected chi connectivity index (χ2v) is 10.0. The number of hydrogen-bond donors (Lipinski definition) is 0. The minimum Gasteiger partial charge on any atom is -0.456 e. The van der Waals surface area contributed by atoms with E-state index >= 15 is 0 Å². The Morgan fingerprint density at radius 3 is 2.03 bits per heavy atom. The van der Waals surface area contributed by atoms with E-state index in [4.69, 9.17) is 4.74 Å². The fraction of sp³-hybridized carbons (Fsp3) is 0.423. The third-order valence-electron chi connectivity index (χ3n) is 6.11. The average Bonchev–Trinajstić information content (AvgIpc) is 2.70. The first kappa shape index (κ1) is 21.9. The number of benzene rings is 2. The average molecular weight is 407 g/mol. The topological polar surface area (TPSA) is 60.4 Å². The first-order valence-electron chi connectivity index (χ1n) is 10.3. The molecule has 0 bridgehead atoms. The molecule has 2 aromatic rings. The summed E-state index contributed by atoms with van der Waals surface area (Å²) in [6, 6.07) is 16.6. The predicted molar refractivity (Wildman–Crippen MR) is 116 cm³/mol. The summed E-state index contributed by atoms with van der Waals surface area (Å²) in [5, 5.41) is 0. The molecule has 158 valence electrons. The van der Waals surface area contributed by atoms with E-state index in [1.54, 1.807) is 26.0 Å². The van der Waals surface area contributed by atoms with Crippen LogP contribution in [0.4, 0.5) is 0 Å². The smallest absolute Gasteiger partial charge is 0.320 e. The van der Waals surface area contributed by atoms with Gasteiger partial charge in [0, 0.05) is 12.0 Å². The molecule has 0 radical (unpaired) electrons. The second-order valence-electron chi connectivity index (χ2n) is 10.0. The maximum absolute atomic E-state index is 13.5. The van der Waals surface area contributed by atoms with Crippen LogP contribution in [0.2, 0.25) is 0 Å². The first-order valence-corrected chi connectivity index (χ1v) is 10.3. The fourth-order valence-electron chi connectivity index (χ4n) is 4.15. The number of cyclic esters (lactones) is 1. The van der Waals surface area contributed by atoms with Crippen molar-refractivity contribution in [2.24, 2.45) is 10.8 Å². The van der Waals surface area contributed by atoms with E-state index in [2.05, 4.69) is 20.8 Å². The van der Waals surface area contributed by atoms with E-state index < -0.39 is 22.9 Å². The number of esters is 1. The quantitative estimate of drug-likeness (QED) is 0.384. The van der Waals surface area contributed by atoms with Crippen molar-refractivity contribution in [3.63, 3.8) is 0 Å². The maximum Gasteiger partial charge on any atom is 0.320 e. The lowest BCUT2D eigenvalue weighted by Crippen LogP contribution is -2.54. The molecule has 30 heavy (non-hydrogen) atoms. The number of carbonyl (C=O) groups is 3. The van der Waals surface area contributed by atoms with Crippen LogP contribution in [0, 0.1) is 10.8 Å². The zero-order chi connectivity index (χ0) is 22.3. The molecule has 1 aliphatic rings. The van der Waals surface area contributed by atoms with Crippen LogP contribution in [0.5, 0.6) is 0 Å². The van der Waals surface area contributed by atoms with Crippen molar-refractivity contribution in [2.45, 2.75) is 59.5 Å². The Kier molecular flexibility index (Phi) is 5.48. The van der Waals surface area contributed by atoms with Crippen molar-refractivity contribution in [1.29, 1.82) is 0 Å². The fourth-order valence-corrected chi connectivity index (χ4v) is 4.15. The van der Waals surface area contributed by atoms with Crippen LogP contribution in [0.25, 0.3) is 0 Å². The lowest BCUT2D eigenvalue weighted by molar-refractivity contribution is -0.187. The van der Waals surface area contributed by atoms with Gasteiger partial charge in [-0.25, -0.2) is 0 Å². The highest BCUT2D eigenvalue weighted by Gasteiger charge is 2.58. The minimum absolute atomic E-state index is 0.0207. The van der Waals surface area contributed by atoms with Gasteiger partial charge in [-0.2, -0.15) is 0 Å². The van der Waals surface area contributed by atoms with Gasteiger partial charge in [0.1, 0.15) is 11.5 Å². The van der Waals surface area contributed by atoms with E-state index in [1.807, 2.05) is 42.5 Å². The van der Waals surface area contributed by atoms with Gasteiger partial charge in [-0.3, -0.25) is 14.4 Å². The molecule has 0 spiro atoms. The van der Waals surface area contributed by atoms with Gasteiger partial charge in [0.15, 0.2) is 11.6 Å². The van der Waals surface area contributed by atoms with Gasteiger partial charge in [0.25, 0.3) is 0 Å². The zero-order valence-corrected chi connectivity index (χ0v) is 18.6. The molecule has 1 saturated heterocycles. The SMILES string of the molecule is CC1(CC(=O)c2ccc(C(C)(C)C)cc2)C(=O)OC(c2ccccc2)C(C)(C)C1=O. The molecule has 4 heteroatoms. The molecule has 2 unspecified atom stereocenters. The number of hydrogen-bond acceptors (Lipinski definition) is 4. The molecule has 2 aromatic carbocycles. The van der Waals surface area contributed by atoms with Crippen LogP contribution in [0.1, 0.15) is 75.6 Å². The Bertz CT molecular complexity index is 964. The Morgan fingerprint density at radius 1 is 0.933 bits per heavy atom. The van der Waals surface area contributed by atoms with E-state index in [0.717, 1.165) is 11.1 Å². The highest BCUT2D eigenvalue weighted by Crippen LogP contribution is 2.49. The number of Topliss-reactive ketones (excluding diaryl/α,β-unsaturated/α-hetero) is 2. The van der Waals surface area contributed by atoms with Gasteiger partial charge in [-0.1, -0.05) is 75.4 Å². The summed E-state index contributed by atoms with van der Waals surface area (Å²) in [6.07, 6.45) is -0.877. The molecular formula is C26H30O4. The third kappa shape index (κ3) is 3.83. The van der Waals surface area contributed by atoms with Crippen LogP contribution >= 0.6 is 0 Å². The Balaban J connectivity index is 1.86. The van der Waals surface area contributed by atoms with Crippen LogP contribution in [-0.2, 0) is 19.7 Å². The van der Waals surface area contributed by atoms with Crippen molar-refractivity contribution in [3.05, 3.63) is 71.3 Å². The van der Waals surface area contributed by atoms with Gasteiger partial charge in [0.05, 0.1) is 5.41 Å². The van der Waals surface area contributed by atoms with Crippen molar-refractivity contribution >= 4 is 17.5 Å². The molecular weight excluding hydrogens is 376 g/mol. The molecule has 1 aliphatic heterocycles. The van der Waals surface area contributed by atoms with Crippen LogP contribution < -0.4 is 0 Å².